The van der Waals surface area contributed by atoms with Gasteiger partial charge in [-0.3, -0.25) is 4.79 Å². The summed E-state index contributed by atoms with van der Waals surface area (Å²) in [5.74, 6) is -1.17. The van der Waals surface area contributed by atoms with E-state index in [4.69, 9.17) is 5.73 Å². The first kappa shape index (κ1) is 16.0. The normalized spacial score (nSPS) is 20.6. The van der Waals surface area contributed by atoms with Crippen LogP contribution in [0.1, 0.15) is 52.9 Å². The zero-order valence-corrected chi connectivity index (χ0v) is 12.1. The summed E-state index contributed by atoms with van der Waals surface area (Å²) in [5.41, 5.74) is 5.44. The number of carbonyl (C=O) groups excluding carboxylic acids is 1. The largest absolute Gasteiger partial charge is 0.480 e. The summed E-state index contributed by atoms with van der Waals surface area (Å²) in [6.07, 6.45) is 5.33. The molecular weight excluding hydrogens is 244 g/mol. The molecule has 4 N–H and O–H groups in total. The van der Waals surface area contributed by atoms with Crippen LogP contribution in [0.5, 0.6) is 0 Å². The number of hydrogen-bond acceptors (Lipinski definition) is 3. The van der Waals surface area contributed by atoms with Crippen molar-refractivity contribution in [2.45, 2.75) is 65.0 Å². The molecule has 1 rings (SSSR count). The van der Waals surface area contributed by atoms with Crippen molar-refractivity contribution >= 4 is 11.9 Å². The minimum atomic E-state index is -1.02. The Kier molecular flexibility index (Phi) is 5.35. The number of hydrogen-bond donors (Lipinski definition) is 3. The van der Waals surface area contributed by atoms with Crippen molar-refractivity contribution in [1.29, 1.82) is 0 Å². The van der Waals surface area contributed by atoms with E-state index in [2.05, 4.69) is 5.32 Å². The van der Waals surface area contributed by atoms with Gasteiger partial charge < -0.3 is 16.2 Å². The Morgan fingerprint density at radius 3 is 2.16 bits per heavy atom. The Morgan fingerprint density at radius 2 is 1.74 bits per heavy atom. The summed E-state index contributed by atoms with van der Waals surface area (Å²) in [7, 11) is 0. The molecular formula is C14H26N2O3. The van der Waals surface area contributed by atoms with Crippen molar-refractivity contribution in [3.8, 4) is 0 Å². The van der Waals surface area contributed by atoms with E-state index in [1.807, 2.05) is 0 Å². The molecule has 1 fully saturated rings. The van der Waals surface area contributed by atoms with Gasteiger partial charge in [-0.15, -0.1) is 0 Å². The maximum Gasteiger partial charge on any atom is 0.326 e. The molecule has 0 saturated heterocycles. The number of amides is 1. The predicted molar refractivity (Wildman–Crippen MR) is 73.6 cm³/mol. The van der Waals surface area contributed by atoms with Gasteiger partial charge in [0.15, 0.2) is 0 Å². The maximum atomic E-state index is 12.1. The van der Waals surface area contributed by atoms with E-state index in [1.54, 1.807) is 20.8 Å². The van der Waals surface area contributed by atoms with Crippen LogP contribution in [0.2, 0.25) is 0 Å². The van der Waals surface area contributed by atoms with Crippen molar-refractivity contribution < 1.29 is 14.7 Å². The van der Waals surface area contributed by atoms with E-state index >= 15 is 0 Å². The fraction of sp³-hybridized carbons (Fsp3) is 0.857. The lowest BCUT2D eigenvalue weighted by Gasteiger charge is -2.31. The number of carbonyl (C=O) groups is 2. The quantitative estimate of drug-likeness (QED) is 0.722. The zero-order chi connectivity index (χ0) is 14.6. The van der Waals surface area contributed by atoms with Gasteiger partial charge in [-0.1, -0.05) is 40.0 Å². The first-order valence-electron chi connectivity index (χ1n) is 7.02. The van der Waals surface area contributed by atoms with Crippen LogP contribution in [-0.2, 0) is 9.59 Å². The minimum Gasteiger partial charge on any atom is -0.480 e. The van der Waals surface area contributed by atoms with Gasteiger partial charge in [-0.25, -0.2) is 4.79 Å². The number of carboxylic acid groups (broad SMARTS) is 1. The van der Waals surface area contributed by atoms with Crippen molar-refractivity contribution in [2.24, 2.45) is 17.1 Å². The summed E-state index contributed by atoms with van der Waals surface area (Å²) < 4.78 is 0. The first-order chi connectivity index (χ1) is 8.73. The monoisotopic (exact) mass is 270 g/mol. The highest BCUT2D eigenvalue weighted by Gasteiger charge is 2.35. The van der Waals surface area contributed by atoms with E-state index in [1.165, 1.54) is 6.42 Å². The van der Waals surface area contributed by atoms with Crippen molar-refractivity contribution in [3.05, 3.63) is 0 Å². The molecule has 1 saturated carbocycles. The summed E-state index contributed by atoms with van der Waals surface area (Å²) in [5, 5.41) is 11.8. The highest BCUT2D eigenvalue weighted by molar-refractivity contribution is 5.87. The van der Waals surface area contributed by atoms with Crippen LogP contribution in [0.25, 0.3) is 0 Å². The van der Waals surface area contributed by atoms with Gasteiger partial charge in [0.1, 0.15) is 6.04 Å². The summed E-state index contributed by atoms with van der Waals surface area (Å²) in [6.45, 7) is 5.37. The van der Waals surface area contributed by atoms with Gasteiger partial charge in [0.25, 0.3) is 0 Å². The van der Waals surface area contributed by atoms with Gasteiger partial charge in [0.2, 0.25) is 5.91 Å². The fourth-order valence-electron chi connectivity index (χ4n) is 2.59. The molecule has 0 aromatic carbocycles. The molecule has 1 aliphatic rings. The second-order valence-electron chi connectivity index (χ2n) is 6.57. The molecule has 1 aliphatic carbocycles. The highest BCUT2D eigenvalue weighted by atomic mass is 16.4. The van der Waals surface area contributed by atoms with E-state index in [0.29, 0.717) is 0 Å². The fourth-order valence-corrected chi connectivity index (χ4v) is 2.59. The maximum absolute atomic E-state index is 12.1. The molecule has 5 heteroatoms. The summed E-state index contributed by atoms with van der Waals surface area (Å²) in [6, 6.07) is -1.50. The SMILES string of the molecule is CC(C)(C)[C@H](NC(=O)[C@@H](N)C1CCCCC1)C(=O)O. The Morgan fingerprint density at radius 1 is 1.21 bits per heavy atom. The molecule has 1 amide bonds. The van der Waals surface area contributed by atoms with Gasteiger partial charge in [0, 0.05) is 0 Å². The zero-order valence-electron chi connectivity index (χ0n) is 12.1. The minimum absolute atomic E-state index is 0.183. The average Bonchev–Trinajstić information content (AvgIpc) is 2.34. The van der Waals surface area contributed by atoms with Crippen LogP contribution in [0, 0.1) is 11.3 Å². The lowest BCUT2D eigenvalue weighted by Crippen LogP contribution is -2.55. The summed E-state index contributed by atoms with van der Waals surface area (Å²) in [4.78, 5) is 23.3. The number of aliphatic carboxylic acids is 1. The van der Waals surface area contributed by atoms with Gasteiger partial charge in [-0.2, -0.15) is 0 Å². The van der Waals surface area contributed by atoms with Gasteiger partial charge in [-0.05, 0) is 24.2 Å². The van der Waals surface area contributed by atoms with Crippen LogP contribution in [0.3, 0.4) is 0 Å². The predicted octanol–water partition coefficient (Wildman–Crippen LogP) is 1.51. The molecule has 0 spiro atoms. The van der Waals surface area contributed by atoms with Crippen LogP contribution < -0.4 is 11.1 Å². The molecule has 0 aromatic rings. The molecule has 0 unspecified atom stereocenters. The second kappa shape index (κ2) is 6.37. The molecule has 0 heterocycles. The number of rotatable bonds is 4. The number of nitrogens with two attached hydrogens (primary N) is 1. The second-order valence-corrected chi connectivity index (χ2v) is 6.57. The Hall–Kier alpha value is -1.10. The van der Waals surface area contributed by atoms with E-state index in [-0.39, 0.29) is 11.8 Å². The third-order valence-electron chi connectivity index (χ3n) is 3.86. The highest BCUT2D eigenvalue weighted by Crippen LogP contribution is 2.26. The standard InChI is InChI=1S/C14H26N2O3/c1-14(2,3)11(13(18)19)16-12(17)10(15)9-7-5-4-6-8-9/h9-11H,4-8,15H2,1-3H3,(H,16,17)(H,18,19)/t10-,11+/m0/s1. The average molecular weight is 270 g/mol. The first-order valence-corrected chi connectivity index (χ1v) is 7.02. The molecule has 0 bridgehead atoms. The Bertz CT molecular complexity index is 330. The van der Waals surface area contributed by atoms with E-state index < -0.39 is 23.5 Å². The molecule has 0 radical (unpaired) electrons. The molecule has 5 nitrogen and oxygen atoms in total. The third kappa shape index (κ3) is 4.49. The van der Waals surface area contributed by atoms with Crippen LogP contribution in [0.4, 0.5) is 0 Å². The van der Waals surface area contributed by atoms with Crippen molar-refractivity contribution in [3.63, 3.8) is 0 Å². The van der Waals surface area contributed by atoms with Crippen molar-refractivity contribution in [1.82, 2.24) is 5.32 Å². The van der Waals surface area contributed by atoms with Gasteiger partial charge in [0.05, 0.1) is 6.04 Å². The van der Waals surface area contributed by atoms with E-state index in [9.17, 15) is 14.7 Å². The van der Waals surface area contributed by atoms with Crippen LogP contribution in [0.15, 0.2) is 0 Å². The molecule has 2 atom stereocenters. The molecule has 0 aliphatic heterocycles. The Balaban J connectivity index is 2.63. The molecule has 0 aromatic heterocycles. The third-order valence-corrected chi connectivity index (χ3v) is 3.86. The lowest BCUT2D eigenvalue weighted by molar-refractivity contribution is -0.145. The number of carboxylic acids is 1. The lowest BCUT2D eigenvalue weighted by atomic mass is 9.83. The topological polar surface area (TPSA) is 92.4 Å². The number of nitrogens with one attached hydrogen (secondary N) is 1. The molecule has 110 valence electrons. The van der Waals surface area contributed by atoms with Crippen molar-refractivity contribution in [2.75, 3.05) is 0 Å². The Labute approximate surface area is 114 Å². The molecule has 19 heavy (non-hydrogen) atoms. The van der Waals surface area contributed by atoms with Crippen LogP contribution >= 0.6 is 0 Å². The smallest absolute Gasteiger partial charge is 0.326 e. The summed E-state index contributed by atoms with van der Waals surface area (Å²) >= 11 is 0. The van der Waals surface area contributed by atoms with Crippen LogP contribution in [-0.4, -0.2) is 29.1 Å². The van der Waals surface area contributed by atoms with Gasteiger partial charge >= 0.3 is 5.97 Å². The van der Waals surface area contributed by atoms with E-state index in [0.717, 1.165) is 25.7 Å².